The number of fused-ring (bicyclic) bond motifs is 1. The Hall–Kier alpha value is -4.73. The molecule has 1 heterocycles. The largest absolute Gasteiger partial charge is 0.493 e. The molecular weight excluding hydrogens is 430 g/mol. The van der Waals surface area contributed by atoms with Gasteiger partial charge in [0, 0.05) is 11.6 Å². The number of nitrogens with zero attached hydrogens (tertiary/aromatic N) is 2. The summed E-state index contributed by atoms with van der Waals surface area (Å²) < 4.78 is 15.7. The van der Waals surface area contributed by atoms with Crippen molar-refractivity contribution in [2.24, 2.45) is 0 Å². The molecule has 10 heteroatoms. The van der Waals surface area contributed by atoms with E-state index in [0.29, 0.717) is 22.3 Å². The molecule has 3 aromatic carbocycles. The van der Waals surface area contributed by atoms with Crippen molar-refractivity contribution >= 4 is 22.6 Å². The van der Waals surface area contributed by atoms with Crippen LogP contribution in [0.5, 0.6) is 17.2 Å². The number of carbonyl (C=O) groups excluding carboxylic acids is 1. The second-order valence-electron chi connectivity index (χ2n) is 6.83. The molecule has 0 saturated carbocycles. The van der Waals surface area contributed by atoms with Crippen molar-refractivity contribution in [3.05, 3.63) is 86.7 Å². The first-order chi connectivity index (χ1) is 15.9. The lowest BCUT2D eigenvalue weighted by molar-refractivity contribution is -0.385. The highest BCUT2D eigenvalue weighted by molar-refractivity contribution is 5.90. The fraction of sp³-hybridized carbons (Fsp3) is 0.0870. The number of hydrogen-bond acceptors (Lipinski definition) is 8. The predicted octanol–water partition coefficient (Wildman–Crippen LogP) is 4.09. The Kier molecular flexibility index (Phi) is 5.73. The van der Waals surface area contributed by atoms with Crippen molar-refractivity contribution < 1.29 is 23.9 Å². The number of benzene rings is 3. The van der Waals surface area contributed by atoms with E-state index in [2.05, 4.69) is 14.7 Å². The Labute approximate surface area is 186 Å². The molecule has 4 aromatic rings. The van der Waals surface area contributed by atoms with E-state index in [-0.39, 0.29) is 28.4 Å². The summed E-state index contributed by atoms with van der Waals surface area (Å²) in [5.41, 5.74) is 0.417. The molecule has 0 unspecified atom stereocenters. The third kappa shape index (κ3) is 4.22. The van der Waals surface area contributed by atoms with E-state index in [1.165, 1.54) is 26.4 Å². The molecule has 0 aliphatic rings. The van der Waals surface area contributed by atoms with E-state index in [1.807, 2.05) is 0 Å². The third-order valence-corrected chi connectivity index (χ3v) is 4.85. The zero-order valence-corrected chi connectivity index (χ0v) is 17.5. The maximum Gasteiger partial charge on any atom is 0.338 e. The van der Waals surface area contributed by atoms with Gasteiger partial charge in [-0.3, -0.25) is 14.9 Å². The van der Waals surface area contributed by atoms with Gasteiger partial charge in [-0.15, -0.1) is 0 Å². The van der Waals surface area contributed by atoms with Gasteiger partial charge >= 0.3 is 11.7 Å². The van der Waals surface area contributed by atoms with Crippen LogP contribution in [-0.4, -0.2) is 35.1 Å². The molecule has 1 N–H and O–H groups in total. The second-order valence-corrected chi connectivity index (χ2v) is 6.83. The Morgan fingerprint density at radius 2 is 1.76 bits per heavy atom. The second kappa shape index (κ2) is 8.79. The minimum atomic E-state index is -0.705. The molecule has 4 rings (SSSR count). The SMILES string of the molecule is COC(=O)c1ccc(Oc2ccc(-c3nc4ccccc4c(=O)[nH]3)cc2OC)c([N+](=O)[O-])c1. The average Bonchev–Trinajstić information content (AvgIpc) is 2.83. The average molecular weight is 447 g/mol. The number of carbonyl (C=O) groups is 1. The first kappa shape index (κ1) is 21.5. The summed E-state index contributed by atoms with van der Waals surface area (Å²) in [4.78, 5) is 42.2. The van der Waals surface area contributed by atoms with E-state index in [4.69, 9.17) is 9.47 Å². The fourth-order valence-electron chi connectivity index (χ4n) is 3.23. The van der Waals surface area contributed by atoms with Crippen molar-refractivity contribution in [2.45, 2.75) is 0 Å². The summed E-state index contributed by atoms with van der Waals surface area (Å²) in [6.07, 6.45) is 0. The Bertz CT molecular complexity index is 1450. The van der Waals surface area contributed by atoms with Gasteiger partial charge in [-0.25, -0.2) is 9.78 Å². The van der Waals surface area contributed by atoms with Gasteiger partial charge in [-0.2, -0.15) is 0 Å². The number of H-pyrrole nitrogens is 1. The molecule has 0 amide bonds. The lowest BCUT2D eigenvalue weighted by atomic mass is 10.1. The summed E-state index contributed by atoms with van der Waals surface area (Å²) in [5.74, 6) is -0.00989. The van der Waals surface area contributed by atoms with Crippen molar-refractivity contribution in [3.8, 4) is 28.6 Å². The molecule has 0 radical (unpaired) electrons. The fourth-order valence-corrected chi connectivity index (χ4v) is 3.23. The summed E-state index contributed by atoms with van der Waals surface area (Å²) in [6.45, 7) is 0. The number of rotatable bonds is 6. The topological polar surface area (TPSA) is 134 Å². The van der Waals surface area contributed by atoms with Crippen LogP contribution >= 0.6 is 0 Å². The minimum absolute atomic E-state index is 0.0187. The van der Waals surface area contributed by atoms with Crippen LogP contribution in [0, 0.1) is 10.1 Å². The smallest absolute Gasteiger partial charge is 0.338 e. The Balaban J connectivity index is 1.72. The van der Waals surface area contributed by atoms with Crippen LogP contribution in [0.2, 0.25) is 0 Å². The van der Waals surface area contributed by atoms with Crippen LogP contribution in [0.25, 0.3) is 22.3 Å². The number of ether oxygens (including phenoxy) is 3. The third-order valence-electron chi connectivity index (χ3n) is 4.85. The molecule has 0 bridgehead atoms. The van der Waals surface area contributed by atoms with Crippen LogP contribution in [0.1, 0.15) is 10.4 Å². The van der Waals surface area contributed by atoms with Crippen LogP contribution in [0.15, 0.2) is 65.5 Å². The van der Waals surface area contributed by atoms with Crippen molar-refractivity contribution in [3.63, 3.8) is 0 Å². The van der Waals surface area contributed by atoms with Crippen LogP contribution < -0.4 is 15.0 Å². The molecule has 0 fully saturated rings. The number of nitrogens with one attached hydrogen (secondary N) is 1. The molecule has 0 saturated heterocycles. The van der Waals surface area contributed by atoms with E-state index < -0.39 is 16.6 Å². The van der Waals surface area contributed by atoms with Crippen molar-refractivity contribution in [1.29, 1.82) is 0 Å². The molecule has 0 aliphatic carbocycles. The van der Waals surface area contributed by atoms with Gasteiger partial charge < -0.3 is 19.2 Å². The number of para-hydroxylation sites is 1. The van der Waals surface area contributed by atoms with E-state index >= 15 is 0 Å². The number of esters is 1. The number of nitro benzene ring substituents is 1. The summed E-state index contributed by atoms with van der Waals surface area (Å²) in [7, 11) is 2.60. The number of methoxy groups -OCH3 is 2. The van der Waals surface area contributed by atoms with Crippen LogP contribution in [0.3, 0.4) is 0 Å². The maximum atomic E-state index is 12.4. The number of aromatic amines is 1. The summed E-state index contributed by atoms with van der Waals surface area (Å²) in [5, 5.41) is 12.0. The highest BCUT2D eigenvalue weighted by Crippen LogP contribution is 2.38. The van der Waals surface area contributed by atoms with Gasteiger partial charge in [0.2, 0.25) is 5.75 Å². The molecule has 1 aromatic heterocycles. The molecular formula is C23H17N3O7. The molecule has 0 aliphatic heterocycles. The lowest BCUT2D eigenvalue weighted by Gasteiger charge is -2.12. The molecule has 33 heavy (non-hydrogen) atoms. The monoisotopic (exact) mass is 447 g/mol. The molecule has 166 valence electrons. The lowest BCUT2D eigenvalue weighted by Crippen LogP contribution is -2.09. The van der Waals surface area contributed by atoms with Gasteiger partial charge in [0.15, 0.2) is 11.5 Å². The maximum absolute atomic E-state index is 12.4. The number of aromatic nitrogens is 2. The van der Waals surface area contributed by atoms with E-state index in [0.717, 1.165) is 6.07 Å². The highest BCUT2D eigenvalue weighted by atomic mass is 16.6. The van der Waals surface area contributed by atoms with E-state index in [1.54, 1.807) is 42.5 Å². The van der Waals surface area contributed by atoms with Gasteiger partial charge in [-0.05, 0) is 42.5 Å². The van der Waals surface area contributed by atoms with Gasteiger partial charge in [-0.1, -0.05) is 12.1 Å². The van der Waals surface area contributed by atoms with E-state index in [9.17, 15) is 19.7 Å². The zero-order chi connectivity index (χ0) is 23.5. The normalized spacial score (nSPS) is 10.6. The Morgan fingerprint density at radius 3 is 2.48 bits per heavy atom. The zero-order valence-electron chi connectivity index (χ0n) is 17.5. The van der Waals surface area contributed by atoms with Crippen molar-refractivity contribution in [2.75, 3.05) is 14.2 Å². The first-order valence-corrected chi connectivity index (χ1v) is 9.63. The molecule has 0 spiro atoms. The predicted molar refractivity (Wildman–Crippen MR) is 119 cm³/mol. The van der Waals surface area contributed by atoms with Gasteiger partial charge in [0.1, 0.15) is 5.82 Å². The molecule has 10 nitrogen and oxygen atoms in total. The van der Waals surface area contributed by atoms with Crippen molar-refractivity contribution in [1.82, 2.24) is 9.97 Å². The minimum Gasteiger partial charge on any atom is -0.493 e. The summed E-state index contributed by atoms with van der Waals surface area (Å²) in [6, 6.07) is 15.5. The quantitative estimate of drug-likeness (QED) is 0.265. The first-order valence-electron chi connectivity index (χ1n) is 9.63. The standard InChI is InChI=1S/C23H17N3O7/c1-31-20-12-13(21-24-16-6-4-3-5-15(16)22(27)25-21)7-10-19(20)33-18-9-8-14(23(28)32-2)11-17(18)26(29)30/h3-12H,1-2H3,(H,24,25,27). The summed E-state index contributed by atoms with van der Waals surface area (Å²) >= 11 is 0. The number of hydrogen-bond donors (Lipinski definition) is 1. The van der Waals surface area contributed by atoms with Gasteiger partial charge in [0.25, 0.3) is 5.56 Å². The molecule has 0 atom stereocenters. The number of nitro groups is 1. The highest BCUT2D eigenvalue weighted by Gasteiger charge is 2.21. The van der Waals surface area contributed by atoms with Gasteiger partial charge in [0.05, 0.1) is 35.6 Å². The van der Waals surface area contributed by atoms with Crippen LogP contribution in [0.4, 0.5) is 5.69 Å². The Morgan fingerprint density at radius 1 is 1.00 bits per heavy atom. The van der Waals surface area contributed by atoms with Crippen LogP contribution in [-0.2, 0) is 4.74 Å².